The second kappa shape index (κ2) is 9.31. The molecule has 0 radical (unpaired) electrons. The molecule has 9 heteroatoms. The van der Waals surface area contributed by atoms with Gasteiger partial charge < -0.3 is 15.5 Å². The van der Waals surface area contributed by atoms with Crippen molar-refractivity contribution in [1.29, 1.82) is 0 Å². The first kappa shape index (κ1) is 22.7. The highest BCUT2D eigenvalue weighted by molar-refractivity contribution is 6.32. The highest BCUT2D eigenvalue weighted by Gasteiger charge is 2.27. The van der Waals surface area contributed by atoms with E-state index in [1.54, 1.807) is 46.1 Å². The van der Waals surface area contributed by atoms with Crippen molar-refractivity contribution in [2.45, 2.75) is 38.8 Å². The van der Waals surface area contributed by atoms with Gasteiger partial charge in [-0.1, -0.05) is 42.1 Å². The van der Waals surface area contributed by atoms with Crippen molar-refractivity contribution in [1.82, 2.24) is 15.1 Å². The van der Waals surface area contributed by atoms with E-state index in [9.17, 15) is 9.59 Å². The lowest BCUT2D eigenvalue weighted by Gasteiger charge is -2.23. The van der Waals surface area contributed by atoms with Gasteiger partial charge in [0.15, 0.2) is 0 Å². The van der Waals surface area contributed by atoms with Crippen LogP contribution in [-0.2, 0) is 24.9 Å². The summed E-state index contributed by atoms with van der Waals surface area (Å²) >= 11 is 12.8. The third-order valence-electron chi connectivity index (χ3n) is 6.57. The number of carbonyl (C=O) groups is 2. The van der Waals surface area contributed by atoms with Gasteiger partial charge in [0, 0.05) is 40.7 Å². The molecule has 7 nitrogen and oxygen atoms in total. The van der Waals surface area contributed by atoms with E-state index in [-0.39, 0.29) is 17.7 Å². The van der Waals surface area contributed by atoms with Crippen LogP contribution in [0.4, 0.5) is 17.2 Å². The fourth-order valence-electron chi connectivity index (χ4n) is 4.66. The number of carbonyl (C=O) groups excluding carboxylic acids is 2. The van der Waals surface area contributed by atoms with Crippen LogP contribution in [0.3, 0.4) is 0 Å². The van der Waals surface area contributed by atoms with Crippen LogP contribution in [0.25, 0.3) is 0 Å². The van der Waals surface area contributed by atoms with Crippen molar-refractivity contribution in [3.63, 3.8) is 0 Å². The van der Waals surface area contributed by atoms with Crippen LogP contribution < -0.4 is 15.5 Å². The topological polar surface area (TPSA) is 79.3 Å². The van der Waals surface area contributed by atoms with E-state index in [0.29, 0.717) is 28.7 Å². The number of fused-ring (bicyclic) bond motifs is 2. The minimum Gasteiger partial charge on any atom is -0.352 e. The molecule has 34 heavy (non-hydrogen) atoms. The molecule has 2 aromatic carbocycles. The summed E-state index contributed by atoms with van der Waals surface area (Å²) in [6.45, 7) is 0.692. The SMILES string of the molecule is Cn1ncc2c1Nc1cc(Cl)ccc1N(C(=O)c1ccc(CNC(=O)C3CCCC3)c(Cl)c1)C2. The number of hydrogen-bond donors (Lipinski definition) is 2. The van der Waals surface area contributed by atoms with Crippen molar-refractivity contribution < 1.29 is 9.59 Å². The summed E-state index contributed by atoms with van der Waals surface area (Å²) in [7, 11) is 1.84. The lowest BCUT2D eigenvalue weighted by molar-refractivity contribution is -0.124. The van der Waals surface area contributed by atoms with Gasteiger partial charge >= 0.3 is 0 Å². The Morgan fingerprint density at radius 2 is 1.94 bits per heavy atom. The Labute approximate surface area is 208 Å². The highest BCUT2D eigenvalue weighted by atomic mass is 35.5. The van der Waals surface area contributed by atoms with E-state index in [2.05, 4.69) is 15.7 Å². The molecule has 2 N–H and O–H groups in total. The summed E-state index contributed by atoms with van der Waals surface area (Å²) in [5.74, 6) is 0.797. The number of halogens is 2. The minimum absolute atomic E-state index is 0.0772. The van der Waals surface area contributed by atoms with Gasteiger partial charge in [-0.25, -0.2) is 0 Å². The number of benzene rings is 2. The lowest BCUT2D eigenvalue weighted by atomic mass is 10.1. The van der Waals surface area contributed by atoms with Gasteiger partial charge in [-0.3, -0.25) is 14.3 Å². The summed E-state index contributed by atoms with van der Waals surface area (Å²) in [4.78, 5) is 27.7. The number of nitrogens with zero attached hydrogens (tertiary/aromatic N) is 3. The molecule has 1 fully saturated rings. The molecule has 2 amide bonds. The first-order valence-electron chi connectivity index (χ1n) is 11.4. The predicted molar refractivity (Wildman–Crippen MR) is 134 cm³/mol. The van der Waals surface area contributed by atoms with Gasteiger partial charge in [-0.05, 0) is 48.7 Å². The largest absolute Gasteiger partial charge is 0.352 e. The molecular formula is C25H25Cl2N5O2. The van der Waals surface area contributed by atoms with Crippen LogP contribution >= 0.6 is 23.2 Å². The summed E-state index contributed by atoms with van der Waals surface area (Å²) in [5.41, 5.74) is 3.57. The first-order chi connectivity index (χ1) is 16.4. The Bertz CT molecular complexity index is 1270. The molecule has 5 rings (SSSR count). The molecular weight excluding hydrogens is 473 g/mol. The second-order valence-electron chi connectivity index (χ2n) is 8.83. The predicted octanol–water partition coefficient (Wildman–Crippen LogP) is 5.44. The Kier molecular flexibility index (Phi) is 6.23. The van der Waals surface area contributed by atoms with E-state index < -0.39 is 0 Å². The number of amides is 2. The van der Waals surface area contributed by atoms with Crippen LogP contribution in [0.2, 0.25) is 10.0 Å². The van der Waals surface area contributed by atoms with Crippen molar-refractivity contribution in [2.24, 2.45) is 13.0 Å². The third-order valence-corrected chi connectivity index (χ3v) is 7.16. The standard InChI is InChI=1S/C25H25Cl2N5O2/c1-31-23-18(13-29-31)14-32(22-9-8-19(26)11-21(22)30-23)25(34)16-6-7-17(20(27)10-16)12-28-24(33)15-4-2-3-5-15/h6-11,13,15,30H,2-5,12,14H2,1H3,(H,28,33). The van der Waals surface area contributed by atoms with Crippen LogP contribution in [0.1, 0.15) is 47.2 Å². The molecule has 0 saturated heterocycles. The van der Waals surface area contributed by atoms with Gasteiger partial charge in [0.25, 0.3) is 5.91 Å². The van der Waals surface area contributed by atoms with Crippen molar-refractivity contribution in [3.8, 4) is 0 Å². The maximum Gasteiger partial charge on any atom is 0.258 e. The zero-order valence-electron chi connectivity index (χ0n) is 18.8. The van der Waals surface area contributed by atoms with Gasteiger partial charge in [0.2, 0.25) is 5.91 Å². The molecule has 0 spiro atoms. The fraction of sp³-hybridized carbons (Fsp3) is 0.320. The van der Waals surface area contributed by atoms with E-state index in [1.165, 1.54) is 0 Å². The molecule has 1 aliphatic heterocycles. The molecule has 176 valence electrons. The lowest BCUT2D eigenvalue weighted by Crippen LogP contribution is -2.30. The van der Waals surface area contributed by atoms with Crippen molar-refractivity contribution in [2.75, 3.05) is 10.2 Å². The molecule has 2 heterocycles. The van der Waals surface area contributed by atoms with Gasteiger partial charge in [0.05, 0.1) is 24.1 Å². The number of nitrogens with one attached hydrogen (secondary N) is 2. The number of aromatic nitrogens is 2. The third kappa shape index (κ3) is 4.38. The van der Waals surface area contributed by atoms with E-state index in [4.69, 9.17) is 23.2 Å². The van der Waals surface area contributed by atoms with E-state index >= 15 is 0 Å². The van der Waals surface area contributed by atoms with Gasteiger partial charge in [-0.15, -0.1) is 0 Å². The maximum atomic E-state index is 13.6. The molecule has 1 saturated carbocycles. The highest BCUT2D eigenvalue weighted by Crippen LogP contribution is 2.38. The van der Waals surface area contributed by atoms with Crippen molar-refractivity contribution in [3.05, 3.63) is 69.3 Å². The van der Waals surface area contributed by atoms with E-state index in [1.807, 2.05) is 13.1 Å². The van der Waals surface area contributed by atoms with Crippen LogP contribution in [-0.4, -0.2) is 21.6 Å². The zero-order chi connectivity index (χ0) is 23.8. The fourth-order valence-corrected chi connectivity index (χ4v) is 5.08. The number of hydrogen-bond acceptors (Lipinski definition) is 4. The summed E-state index contributed by atoms with van der Waals surface area (Å²) < 4.78 is 1.74. The molecule has 3 aromatic rings. The summed E-state index contributed by atoms with van der Waals surface area (Å²) in [6, 6.07) is 10.6. The summed E-state index contributed by atoms with van der Waals surface area (Å²) in [5, 5.41) is 11.7. The molecule has 0 bridgehead atoms. The molecule has 1 aromatic heterocycles. The monoisotopic (exact) mass is 497 g/mol. The Hall–Kier alpha value is -3.03. The normalized spacial score (nSPS) is 15.3. The average molecular weight is 498 g/mol. The number of rotatable bonds is 4. The first-order valence-corrected chi connectivity index (χ1v) is 12.1. The summed E-state index contributed by atoms with van der Waals surface area (Å²) in [6.07, 6.45) is 5.86. The number of aryl methyl sites for hydroxylation is 1. The molecule has 2 aliphatic rings. The molecule has 0 unspecified atom stereocenters. The van der Waals surface area contributed by atoms with E-state index in [0.717, 1.165) is 54.0 Å². The second-order valence-corrected chi connectivity index (χ2v) is 9.67. The van der Waals surface area contributed by atoms with Crippen LogP contribution in [0, 0.1) is 5.92 Å². The van der Waals surface area contributed by atoms with Crippen LogP contribution in [0.5, 0.6) is 0 Å². The van der Waals surface area contributed by atoms with Gasteiger partial charge in [0.1, 0.15) is 5.82 Å². The smallest absolute Gasteiger partial charge is 0.258 e. The quantitative estimate of drug-likeness (QED) is 0.503. The maximum absolute atomic E-state index is 13.6. The Morgan fingerprint density at radius 1 is 1.15 bits per heavy atom. The minimum atomic E-state index is -0.189. The average Bonchev–Trinajstić information content (AvgIpc) is 3.44. The molecule has 1 aliphatic carbocycles. The Balaban J connectivity index is 1.39. The van der Waals surface area contributed by atoms with Gasteiger partial charge in [-0.2, -0.15) is 5.10 Å². The zero-order valence-corrected chi connectivity index (χ0v) is 20.3. The number of anilines is 3. The van der Waals surface area contributed by atoms with Crippen LogP contribution in [0.15, 0.2) is 42.6 Å². The van der Waals surface area contributed by atoms with Crippen molar-refractivity contribution >= 4 is 52.2 Å². The molecule has 0 atom stereocenters. The Morgan fingerprint density at radius 3 is 2.71 bits per heavy atom.